The Morgan fingerprint density at radius 1 is 1.00 bits per heavy atom. The molecule has 0 bridgehead atoms. The predicted octanol–water partition coefficient (Wildman–Crippen LogP) is 0.431. The minimum absolute atomic E-state index is 0.151. The topological polar surface area (TPSA) is 49.0 Å². The number of nitrogens with one attached hydrogen (secondary N) is 1. The highest BCUT2D eigenvalue weighted by molar-refractivity contribution is 4.96. The number of rotatable bonds is 10. The average Bonchev–Trinajstić information content (AvgIpc) is 2.33. The Morgan fingerprint density at radius 2 is 1.76 bits per heavy atom. The van der Waals surface area contributed by atoms with Crippen molar-refractivity contribution in [1.29, 1.82) is 0 Å². The van der Waals surface area contributed by atoms with E-state index >= 15 is 0 Å². The zero-order valence-corrected chi connectivity index (χ0v) is 11.1. The summed E-state index contributed by atoms with van der Waals surface area (Å²) in [6, 6.07) is 0.402. The monoisotopic (exact) mass is 247 g/mol. The first-order valence-electron chi connectivity index (χ1n) is 6.21. The Bertz CT molecular complexity index is 191. The Labute approximate surface area is 104 Å². The van der Waals surface area contributed by atoms with Crippen molar-refractivity contribution in [2.75, 3.05) is 47.7 Å². The van der Waals surface area contributed by atoms with Gasteiger partial charge in [-0.1, -0.05) is 0 Å². The molecule has 0 spiro atoms. The molecule has 1 aliphatic rings. The van der Waals surface area contributed by atoms with Gasteiger partial charge in [-0.2, -0.15) is 0 Å². The van der Waals surface area contributed by atoms with Gasteiger partial charge in [0, 0.05) is 33.5 Å². The van der Waals surface area contributed by atoms with Crippen LogP contribution in [0.3, 0.4) is 0 Å². The van der Waals surface area contributed by atoms with E-state index in [9.17, 15) is 0 Å². The molecule has 0 radical (unpaired) electrons. The van der Waals surface area contributed by atoms with Crippen LogP contribution in [0.25, 0.3) is 0 Å². The van der Waals surface area contributed by atoms with Crippen LogP contribution in [0.2, 0.25) is 0 Å². The van der Waals surface area contributed by atoms with Crippen molar-refractivity contribution in [2.45, 2.75) is 31.1 Å². The summed E-state index contributed by atoms with van der Waals surface area (Å²) in [6.45, 7) is 2.73. The lowest BCUT2D eigenvalue weighted by Gasteiger charge is -2.43. The molecule has 0 aliphatic heterocycles. The molecule has 1 N–H and O–H groups in total. The van der Waals surface area contributed by atoms with Crippen LogP contribution in [0.4, 0.5) is 0 Å². The first-order chi connectivity index (χ1) is 8.33. The third kappa shape index (κ3) is 4.89. The number of likely N-dealkylation sites (N-methyl/N-ethyl adjacent to an activating group) is 1. The fraction of sp³-hybridized carbons (Fsp3) is 1.00. The zero-order valence-electron chi connectivity index (χ0n) is 11.1. The normalized spacial score (nSPS) is 28.1. The summed E-state index contributed by atoms with van der Waals surface area (Å²) in [5.41, 5.74) is 0. The summed E-state index contributed by atoms with van der Waals surface area (Å²) in [4.78, 5) is 0. The van der Waals surface area contributed by atoms with Gasteiger partial charge >= 0.3 is 0 Å². The molecule has 0 amide bonds. The molecule has 5 nitrogen and oxygen atoms in total. The van der Waals surface area contributed by atoms with Crippen molar-refractivity contribution >= 4 is 0 Å². The lowest BCUT2D eigenvalue weighted by atomic mass is 9.85. The third-order valence-electron chi connectivity index (χ3n) is 3.04. The zero-order chi connectivity index (χ0) is 12.5. The molecule has 0 aromatic heterocycles. The van der Waals surface area contributed by atoms with Crippen molar-refractivity contribution in [3.05, 3.63) is 0 Å². The molecule has 1 saturated carbocycles. The Morgan fingerprint density at radius 3 is 2.41 bits per heavy atom. The fourth-order valence-corrected chi connectivity index (χ4v) is 1.96. The maximum atomic E-state index is 5.77. The number of hydrogen-bond donors (Lipinski definition) is 1. The second-order valence-electron chi connectivity index (χ2n) is 4.21. The van der Waals surface area contributed by atoms with E-state index in [4.69, 9.17) is 18.9 Å². The maximum Gasteiger partial charge on any atom is 0.0991 e. The van der Waals surface area contributed by atoms with E-state index in [0.29, 0.717) is 19.3 Å². The quantitative estimate of drug-likeness (QED) is 0.567. The average molecular weight is 247 g/mol. The Kier molecular flexibility index (Phi) is 7.72. The van der Waals surface area contributed by atoms with Crippen LogP contribution in [0, 0.1) is 0 Å². The molecule has 3 atom stereocenters. The van der Waals surface area contributed by atoms with Gasteiger partial charge in [0.1, 0.15) is 0 Å². The maximum absolute atomic E-state index is 5.77. The largest absolute Gasteiger partial charge is 0.385 e. The Hall–Kier alpha value is -0.200. The second kappa shape index (κ2) is 8.83. The molecule has 1 fully saturated rings. The lowest BCUT2D eigenvalue weighted by Crippen LogP contribution is -2.59. The van der Waals surface area contributed by atoms with Gasteiger partial charge in [0.25, 0.3) is 0 Å². The third-order valence-corrected chi connectivity index (χ3v) is 3.04. The minimum atomic E-state index is 0.151. The highest BCUT2D eigenvalue weighted by Crippen LogP contribution is 2.27. The molecule has 1 aliphatic carbocycles. The summed E-state index contributed by atoms with van der Waals surface area (Å²) >= 11 is 0. The fourth-order valence-electron chi connectivity index (χ4n) is 1.96. The van der Waals surface area contributed by atoms with Crippen molar-refractivity contribution in [3.63, 3.8) is 0 Å². The van der Waals surface area contributed by atoms with E-state index in [-0.39, 0.29) is 12.2 Å². The van der Waals surface area contributed by atoms with Crippen molar-refractivity contribution in [3.8, 4) is 0 Å². The van der Waals surface area contributed by atoms with Gasteiger partial charge < -0.3 is 24.3 Å². The highest BCUT2D eigenvalue weighted by Gasteiger charge is 2.41. The van der Waals surface area contributed by atoms with Gasteiger partial charge in [-0.15, -0.1) is 0 Å². The van der Waals surface area contributed by atoms with Gasteiger partial charge in [-0.3, -0.25) is 0 Å². The van der Waals surface area contributed by atoms with Crippen LogP contribution in [-0.4, -0.2) is 65.9 Å². The SMILES string of the molecule is CNC1CC(OCCCOC)C1OCCOC. The number of methoxy groups -OCH3 is 2. The second-order valence-corrected chi connectivity index (χ2v) is 4.21. The van der Waals surface area contributed by atoms with Crippen LogP contribution in [0.5, 0.6) is 0 Å². The van der Waals surface area contributed by atoms with Crippen LogP contribution in [0.1, 0.15) is 12.8 Å². The first kappa shape index (κ1) is 14.9. The number of hydrogen-bond acceptors (Lipinski definition) is 5. The molecule has 5 heteroatoms. The summed E-state index contributed by atoms with van der Waals surface area (Å²) in [7, 11) is 5.34. The van der Waals surface area contributed by atoms with Gasteiger partial charge in [-0.25, -0.2) is 0 Å². The smallest absolute Gasteiger partial charge is 0.0991 e. The molecule has 102 valence electrons. The molecule has 0 aromatic rings. The number of ether oxygens (including phenoxy) is 4. The van der Waals surface area contributed by atoms with Gasteiger partial charge in [-0.05, 0) is 19.9 Å². The molecule has 3 unspecified atom stereocenters. The van der Waals surface area contributed by atoms with Crippen LogP contribution < -0.4 is 5.32 Å². The molecular formula is C12H25NO4. The van der Waals surface area contributed by atoms with Crippen LogP contribution in [-0.2, 0) is 18.9 Å². The standard InChI is InChI=1S/C12H25NO4/c1-13-10-9-11(16-6-4-5-14-2)12(10)17-8-7-15-3/h10-13H,4-9H2,1-3H3. The van der Waals surface area contributed by atoms with E-state index in [0.717, 1.165) is 26.1 Å². The highest BCUT2D eigenvalue weighted by atomic mass is 16.6. The first-order valence-corrected chi connectivity index (χ1v) is 6.21. The van der Waals surface area contributed by atoms with Crippen molar-refractivity contribution in [1.82, 2.24) is 5.32 Å². The van der Waals surface area contributed by atoms with E-state index < -0.39 is 0 Å². The van der Waals surface area contributed by atoms with Gasteiger partial charge in [0.05, 0.1) is 25.4 Å². The molecule has 0 saturated heterocycles. The molecule has 0 aromatic carbocycles. The Balaban J connectivity index is 2.15. The summed E-state index contributed by atoms with van der Waals surface area (Å²) in [6.07, 6.45) is 2.31. The molecular weight excluding hydrogens is 222 g/mol. The van der Waals surface area contributed by atoms with E-state index in [1.807, 2.05) is 7.05 Å². The van der Waals surface area contributed by atoms with Gasteiger partial charge in [0.2, 0.25) is 0 Å². The van der Waals surface area contributed by atoms with Crippen molar-refractivity contribution in [2.24, 2.45) is 0 Å². The summed E-state index contributed by atoms with van der Waals surface area (Å²) in [5.74, 6) is 0. The molecule has 1 rings (SSSR count). The molecule has 17 heavy (non-hydrogen) atoms. The minimum Gasteiger partial charge on any atom is -0.385 e. The van der Waals surface area contributed by atoms with E-state index in [1.54, 1.807) is 14.2 Å². The van der Waals surface area contributed by atoms with Crippen LogP contribution >= 0.6 is 0 Å². The summed E-state index contributed by atoms with van der Waals surface area (Å²) < 4.78 is 21.5. The van der Waals surface area contributed by atoms with Gasteiger partial charge in [0.15, 0.2) is 0 Å². The molecule has 0 heterocycles. The van der Waals surface area contributed by atoms with E-state index in [2.05, 4.69) is 5.32 Å². The summed E-state index contributed by atoms with van der Waals surface area (Å²) in [5, 5.41) is 3.24. The lowest BCUT2D eigenvalue weighted by molar-refractivity contribution is -0.152. The van der Waals surface area contributed by atoms with Crippen molar-refractivity contribution < 1.29 is 18.9 Å². The van der Waals surface area contributed by atoms with Crippen LogP contribution in [0.15, 0.2) is 0 Å². The van der Waals surface area contributed by atoms with E-state index in [1.165, 1.54) is 0 Å². The predicted molar refractivity (Wildman–Crippen MR) is 65.3 cm³/mol.